The fraction of sp³-hybridized carbons (Fsp3) is 0.381. The van der Waals surface area contributed by atoms with Crippen LogP contribution in [0.1, 0.15) is 24.7 Å². The normalized spacial score (nSPS) is 21.9. The highest BCUT2D eigenvalue weighted by atomic mass is 35.5. The van der Waals surface area contributed by atoms with Crippen molar-refractivity contribution in [3.63, 3.8) is 0 Å². The summed E-state index contributed by atoms with van der Waals surface area (Å²) in [7, 11) is 0. The van der Waals surface area contributed by atoms with Gasteiger partial charge in [0, 0.05) is 37.4 Å². The minimum atomic E-state index is -1.60. The average Bonchev–Trinajstić information content (AvgIpc) is 2.74. The summed E-state index contributed by atoms with van der Waals surface area (Å²) in [5.41, 5.74) is 0.00745. The molecular weight excluding hydrogens is 418 g/mol. The molecule has 158 valence electrons. The van der Waals surface area contributed by atoms with Gasteiger partial charge in [-0.05, 0) is 31.5 Å². The van der Waals surface area contributed by atoms with Gasteiger partial charge in [0.25, 0.3) is 5.91 Å². The van der Waals surface area contributed by atoms with Crippen molar-refractivity contribution in [1.82, 2.24) is 14.9 Å². The third kappa shape index (κ3) is 4.17. The van der Waals surface area contributed by atoms with E-state index in [0.717, 1.165) is 12.1 Å². The molecule has 3 aliphatic rings. The molecule has 9 nitrogen and oxygen atoms in total. The summed E-state index contributed by atoms with van der Waals surface area (Å²) in [5.74, 6) is -0.397. The van der Waals surface area contributed by atoms with Crippen LogP contribution in [0.25, 0.3) is 0 Å². The molecule has 2 aromatic rings. The topological polar surface area (TPSA) is 129 Å². The van der Waals surface area contributed by atoms with Crippen LogP contribution in [0.5, 0.6) is 0 Å². The first-order valence-corrected chi connectivity index (χ1v) is 10.1. The number of aliphatic hydroxyl groups is 1. The number of hydrogen-bond acceptors (Lipinski definition) is 8. The van der Waals surface area contributed by atoms with E-state index in [9.17, 15) is 9.90 Å². The molecule has 2 bridgehead atoms. The van der Waals surface area contributed by atoms with Crippen LogP contribution in [0.2, 0.25) is 5.02 Å². The number of hydrogen-bond donors (Lipinski definition) is 2. The second kappa shape index (κ2) is 8.12. The number of piperazine rings is 1. The van der Waals surface area contributed by atoms with Crippen molar-refractivity contribution < 1.29 is 9.90 Å². The maximum atomic E-state index is 12.7. The Labute approximate surface area is 184 Å². The Hall–Kier alpha value is -3.24. The summed E-state index contributed by atoms with van der Waals surface area (Å²) in [6.45, 7) is 3.07. The molecule has 3 aliphatic heterocycles. The molecule has 1 amide bonds. The van der Waals surface area contributed by atoms with Gasteiger partial charge in [0.1, 0.15) is 12.1 Å². The van der Waals surface area contributed by atoms with E-state index in [-0.39, 0.29) is 29.5 Å². The van der Waals surface area contributed by atoms with Crippen molar-refractivity contribution in [2.45, 2.75) is 31.0 Å². The Balaban J connectivity index is 1.36. The molecular formula is C21H20ClN7O2. The van der Waals surface area contributed by atoms with Crippen LogP contribution in [0.15, 0.2) is 30.6 Å². The number of carbonyl (C=O) groups excluding carboxylic acids is 1. The zero-order valence-electron chi connectivity index (χ0n) is 16.8. The molecule has 1 aromatic carbocycles. The summed E-state index contributed by atoms with van der Waals surface area (Å²) >= 11 is 6.01. The third-order valence-corrected chi connectivity index (χ3v) is 5.99. The van der Waals surface area contributed by atoms with Crippen molar-refractivity contribution >= 4 is 28.9 Å². The lowest BCUT2D eigenvalue weighted by atomic mass is 9.86. The van der Waals surface area contributed by atoms with Crippen molar-refractivity contribution in [1.29, 1.82) is 10.5 Å². The number of piperidine rings is 1. The first-order chi connectivity index (χ1) is 14.8. The molecule has 3 saturated heterocycles. The molecule has 31 heavy (non-hydrogen) atoms. The van der Waals surface area contributed by atoms with E-state index in [0.29, 0.717) is 24.3 Å². The van der Waals surface area contributed by atoms with Gasteiger partial charge in [0.2, 0.25) is 5.82 Å². The van der Waals surface area contributed by atoms with E-state index in [1.54, 1.807) is 18.5 Å². The van der Waals surface area contributed by atoms with Crippen LogP contribution in [0.4, 0.5) is 11.4 Å². The Morgan fingerprint density at radius 3 is 2.55 bits per heavy atom. The highest BCUT2D eigenvalue weighted by Gasteiger charge is 2.46. The van der Waals surface area contributed by atoms with Crippen LogP contribution < -0.4 is 10.2 Å². The molecule has 2 N–H and O–H groups in total. The largest absolute Gasteiger partial charge is 0.379 e. The Kier molecular flexibility index (Phi) is 5.50. The molecule has 10 heteroatoms. The number of benzene rings is 1. The third-order valence-electron chi connectivity index (χ3n) is 5.67. The van der Waals surface area contributed by atoms with Gasteiger partial charge in [0.05, 0.1) is 28.7 Å². The lowest BCUT2D eigenvalue weighted by Crippen LogP contribution is -2.70. The number of nitriles is 2. The van der Waals surface area contributed by atoms with E-state index in [1.165, 1.54) is 19.1 Å². The number of fused-ring (bicyclic) bond motifs is 2. The summed E-state index contributed by atoms with van der Waals surface area (Å²) in [4.78, 5) is 25.0. The first-order valence-electron chi connectivity index (χ1n) is 9.77. The SMILES string of the molecule is CC(O)(CN1CC2CC(C1)N2c1cnc(C#N)nc1)C(=O)Nc1ccc(C#N)c(Cl)c1. The van der Waals surface area contributed by atoms with Crippen LogP contribution in [0.3, 0.4) is 0 Å². The molecule has 3 unspecified atom stereocenters. The second-order valence-electron chi connectivity index (χ2n) is 8.06. The quantitative estimate of drug-likeness (QED) is 0.720. The number of nitrogens with one attached hydrogen (secondary N) is 1. The van der Waals surface area contributed by atoms with Crippen LogP contribution >= 0.6 is 11.6 Å². The van der Waals surface area contributed by atoms with Gasteiger partial charge in [-0.15, -0.1) is 0 Å². The van der Waals surface area contributed by atoms with Gasteiger partial charge < -0.3 is 15.3 Å². The van der Waals surface area contributed by atoms with E-state index in [2.05, 4.69) is 25.1 Å². The predicted molar refractivity (Wildman–Crippen MR) is 113 cm³/mol. The fourth-order valence-corrected chi connectivity index (χ4v) is 4.44. The molecule has 0 spiro atoms. The molecule has 3 atom stereocenters. The van der Waals surface area contributed by atoms with Crippen molar-refractivity contribution in [3.05, 3.63) is 47.0 Å². The smallest absolute Gasteiger partial charge is 0.257 e. The summed E-state index contributed by atoms with van der Waals surface area (Å²) in [5, 5.41) is 31.5. The molecule has 4 heterocycles. The molecule has 3 fully saturated rings. The van der Waals surface area contributed by atoms with Gasteiger partial charge in [-0.3, -0.25) is 9.69 Å². The standard InChI is InChI=1S/C21H20ClN7O2/c1-21(31,20(30)27-14-3-2-13(6-23)18(22)4-14)12-28-10-15-5-16(11-28)29(15)17-8-25-19(7-24)26-9-17/h2-4,8-9,15-16,31H,5,10-12H2,1H3,(H,27,30). The zero-order valence-corrected chi connectivity index (χ0v) is 17.5. The van der Waals surface area contributed by atoms with Crippen molar-refractivity contribution in [2.24, 2.45) is 0 Å². The second-order valence-corrected chi connectivity index (χ2v) is 8.46. The van der Waals surface area contributed by atoms with Crippen LogP contribution in [-0.2, 0) is 4.79 Å². The van der Waals surface area contributed by atoms with E-state index < -0.39 is 11.5 Å². The Morgan fingerprint density at radius 2 is 1.97 bits per heavy atom. The predicted octanol–water partition coefficient (Wildman–Crippen LogP) is 1.53. The van der Waals surface area contributed by atoms with Crippen molar-refractivity contribution in [2.75, 3.05) is 29.9 Å². The molecule has 0 aliphatic carbocycles. The minimum absolute atomic E-state index is 0.140. The number of anilines is 2. The van der Waals surface area contributed by atoms with Crippen molar-refractivity contribution in [3.8, 4) is 12.1 Å². The number of carbonyl (C=O) groups is 1. The highest BCUT2D eigenvalue weighted by molar-refractivity contribution is 6.32. The molecule has 0 radical (unpaired) electrons. The fourth-order valence-electron chi connectivity index (χ4n) is 4.22. The van der Waals surface area contributed by atoms with Gasteiger partial charge in [0.15, 0.2) is 5.60 Å². The summed E-state index contributed by atoms with van der Waals surface area (Å²) in [6, 6.07) is 8.94. The average molecular weight is 438 g/mol. The van der Waals surface area contributed by atoms with Crippen LogP contribution in [0, 0.1) is 22.7 Å². The van der Waals surface area contributed by atoms with Gasteiger partial charge in [-0.2, -0.15) is 10.5 Å². The van der Waals surface area contributed by atoms with E-state index in [1.807, 2.05) is 12.1 Å². The summed E-state index contributed by atoms with van der Waals surface area (Å²) < 4.78 is 0. The number of halogens is 1. The number of aromatic nitrogens is 2. The highest BCUT2D eigenvalue weighted by Crippen LogP contribution is 2.36. The van der Waals surface area contributed by atoms with Crippen LogP contribution in [-0.4, -0.2) is 63.2 Å². The molecule has 0 saturated carbocycles. The maximum absolute atomic E-state index is 12.7. The number of nitrogens with zero attached hydrogens (tertiary/aromatic N) is 6. The zero-order chi connectivity index (χ0) is 22.2. The molecule has 1 aromatic heterocycles. The Morgan fingerprint density at radius 1 is 1.29 bits per heavy atom. The first kappa shape index (κ1) is 21.0. The van der Waals surface area contributed by atoms with E-state index >= 15 is 0 Å². The number of amides is 1. The summed E-state index contributed by atoms with van der Waals surface area (Å²) in [6.07, 6.45) is 4.34. The lowest BCUT2D eigenvalue weighted by Gasteiger charge is -2.58. The van der Waals surface area contributed by atoms with Gasteiger partial charge >= 0.3 is 0 Å². The van der Waals surface area contributed by atoms with E-state index in [4.69, 9.17) is 22.1 Å². The minimum Gasteiger partial charge on any atom is -0.379 e. The van der Waals surface area contributed by atoms with Gasteiger partial charge in [-0.1, -0.05) is 11.6 Å². The monoisotopic (exact) mass is 437 g/mol. The number of rotatable bonds is 5. The maximum Gasteiger partial charge on any atom is 0.257 e. The molecule has 5 rings (SSSR count). The lowest BCUT2D eigenvalue weighted by molar-refractivity contribution is -0.135. The Bertz CT molecular complexity index is 1080. The van der Waals surface area contributed by atoms with Gasteiger partial charge in [-0.25, -0.2) is 9.97 Å².